The molecule has 0 bridgehead atoms. The van der Waals surface area contributed by atoms with Crippen molar-refractivity contribution in [1.29, 1.82) is 0 Å². The number of hydrogen-bond donors (Lipinski definition) is 0. The minimum atomic E-state index is -0.558. The number of furan rings is 1. The summed E-state index contributed by atoms with van der Waals surface area (Å²) >= 11 is 0. The molecule has 1 spiro atoms. The second-order valence-electron chi connectivity index (χ2n) is 17.4. The number of benzene rings is 10. The summed E-state index contributed by atoms with van der Waals surface area (Å²) in [5, 5.41) is 2.19. The maximum atomic E-state index is 6.66. The normalized spacial score (nSPS) is 14.2. The molecular weight excluding hydrogens is 775 g/mol. The monoisotopic (exact) mass is 813 g/mol. The summed E-state index contributed by atoms with van der Waals surface area (Å²) in [6.07, 6.45) is 0. The maximum absolute atomic E-state index is 6.66. The zero-order valence-electron chi connectivity index (χ0n) is 34.9. The number of anilines is 3. The number of nitrogens with zero attached hydrogens (tertiary/aromatic N) is 1. The molecule has 0 fully saturated rings. The lowest BCUT2D eigenvalue weighted by atomic mass is 9.67. The summed E-state index contributed by atoms with van der Waals surface area (Å²) in [6.45, 7) is 0. The Morgan fingerprint density at radius 1 is 0.312 bits per heavy atom. The lowest BCUT2D eigenvalue weighted by Gasteiger charge is -2.35. The fourth-order valence-electron chi connectivity index (χ4n) is 12.2. The average Bonchev–Trinajstić information content (AvgIpc) is 4.08. The van der Waals surface area contributed by atoms with Gasteiger partial charge in [0.05, 0.1) is 27.6 Å². The highest BCUT2D eigenvalue weighted by molar-refractivity contribution is 6.14. The van der Waals surface area contributed by atoms with Crippen LogP contribution in [0.25, 0.3) is 55.3 Å². The van der Waals surface area contributed by atoms with Gasteiger partial charge in [-0.3, -0.25) is 0 Å². The Morgan fingerprint density at radius 3 is 1.44 bits per heavy atom. The third-order valence-electron chi connectivity index (χ3n) is 14.6. The van der Waals surface area contributed by atoms with E-state index in [0.29, 0.717) is 0 Å². The lowest BCUT2D eigenvalue weighted by molar-refractivity contribution is 0.669. The molecule has 0 unspecified atom stereocenters. The summed E-state index contributed by atoms with van der Waals surface area (Å²) in [7, 11) is 0. The van der Waals surface area contributed by atoms with Crippen LogP contribution in [0, 0.1) is 0 Å². The van der Waals surface area contributed by atoms with Crippen LogP contribution >= 0.6 is 0 Å². The molecule has 1 aromatic heterocycles. The third kappa shape index (κ3) is 4.44. The molecule has 11 aromatic rings. The van der Waals surface area contributed by atoms with Crippen molar-refractivity contribution in [3.63, 3.8) is 0 Å². The van der Waals surface area contributed by atoms with Crippen LogP contribution < -0.4 is 4.90 Å². The van der Waals surface area contributed by atoms with E-state index in [0.717, 1.165) is 39.0 Å². The van der Waals surface area contributed by atoms with Crippen LogP contribution in [-0.2, 0) is 10.8 Å². The lowest BCUT2D eigenvalue weighted by Crippen LogP contribution is -2.28. The van der Waals surface area contributed by atoms with E-state index in [-0.39, 0.29) is 0 Å². The van der Waals surface area contributed by atoms with Crippen molar-refractivity contribution in [2.24, 2.45) is 0 Å². The molecule has 0 atom stereocenters. The highest BCUT2D eigenvalue weighted by atomic mass is 16.3. The molecule has 0 radical (unpaired) electrons. The second kappa shape index (κ2) is 13.2. The summed E-state index contributed by atoms with van der Waals surface area (Å²) in [6, 6.07) is 87.7. The molecule has 3 aliphatic rings. The van der Waals surface area contributed by atoms with Gasteiger partial charge in [-0.1, -0.05) is 200 Å². The van der Waals surface area contributed by atoms with Crippen molar-refractivity contribution in [3.05, 3.63) is 281 Å². The van der Waals surface area contributed by atoms with E-state index >= 15 is 0 Å². The standard InChI is InChI=1S/C62H39NO/c1-3-19-40(20-4-1)61(41-21-5-2-6-22-41)49-28-12-7-25-45(49)46-38-37-42(39-54(46)61)63(56-34-18-36-58-60(56)48-27-11-16-35-57(48)64-58)55-33-17-32-53-59(55)47-26-10-15-31-52(47)62(53)50-29-13-8-23-43(50)44-24-9-14-30-51(44)62/h1-39H. The first-order chi connectivity index (χ1) is 31.8. The fourth-order valence-corrected chi connectivity index (χ4v) is 12.2. The molecule has 0 saturated carbocycles. The van der Waals surface area contributed by atoms with Gasteiger partial charge in [0.25, 0.3) is 0 Å². The Labute approximate surface area is 372 Å². The third-order valence-corrected chi connectivity index (χ3v) is 14.6. The van der Waals surface area contributed by atoms with E-state index in [1.165, 1.54) is 77.9 Å². The quantitative estimate of drug-likeness (QED) is 0.172. The molecule has 64 heavy (non-hydrogen) atoms. The Morgan fingerprint density at radius 2 is 0.781 bits per heavy atom. The smallest absolute Gasteiger partial charge is 0.137 e. The largest absolute Gasteiger partial charge is 0.456 e. The zero-order valence-corrected chi connectivity index (χ0v) is 34.9. The van der Waals surface area contributed by atoms with Crippen molar-refractivity contribution in [2.75, 3.05) is 4.90 Å². The van der Waals surface area contributed by atoms with E-state index in [1.807, 2.05) is 0 Å². The highest BCUT2D eigenvalue weighted by Crippen LogP contribution is 2.65. The molecule has 0 saturated heterocycles. The Balaban J connectivity index is 1.11. The van der Waals surface area contributed by atoms with Crippen LogP contribution in [0.2, 0.25) is 0 Å². The van der Waals surface area contributed by atoms with Crippen molar-refractivity contribution >= 4 is 39.0 Å². The number of para-hydroxylation sites is 1. The van der Waals surface area contributed by atoms with Crippen LogP contribution in [0.4, 0.5) is 17.1 Å². The van der Waals surface area contributed by atoms with E-state index in [9.17, 15) is 0 Å². The van der Waals surface area contributed by atoms with Gasteiger partial charge in [0, 0.05) is 16.6 Å². The summed E-state index contributed by atoms with van der Waals surface area (Å²) in [5.41, 5.74) is 21.9. The molecule has 14 rings (SSSR count). The molecule has 0 aliphatic heterocycles. The van der Waals surface area contributed by atoms with E-state index in [2.05, 4.69) is 241 Å². The molecule has 1 heterocycles. The van der Waals surface area contributed by atoms with Crippen LogP contribution in [0.1, 0.15) is 44.5 Å². The summed E-state index contributed by atoms with van der Waals surface area (Å²) in [4.78, 5) is 2.54. The number of rotatable bonds is 5. The van der Waals surface area contributed by atoms with E-state index in [1.54, 1.807) is 0 Å². The second-order valence-corrected chi connectivity index (χ2v) is 17.4. The van der Waals surface area contributed by atoms with Gasteiger partial charge in [-0.2, -0.15) is 0 Å². The van der Waals surface area contributed by atoms with Crippen molar-refractivity contribution in [2.45, 2.75) is 10.8 Å². The minimum absolute atomic E-state index is 0.482. The van der Waals surface area contributed by atoms with Gasteiger partial charge in [-0.25, -0.2) is 0 Å². The van der Waals surface area contributed by atoms with Crippen LogP contribution in [0.5, 0.6) is 0 Å². The SMILES string of the molecule is c1ccc(C2(c3ccccc3)c3ccccc3-c3ccc(N(c4cccc5c4-c4ccccc4C54c5ccccc5-c5ccccc54)c4cccc5oc6ccccc6c45)cc32)cc1. The van der Waals surface area contributed by atoms with Gasteiger partial charge in [-0.05, 0) is 109 Å². The van der Waals surface area contributed by atoms with E-state index < -0.39 is 10.8 Å². The molecule has 298 valence electrons. The number of fused-ring (bicyclic) bond motifs is 16. The Kier molecular flexibility index (Phi) is 7.28. The van der Waals surface area contributed by atoms with Gasteiger partial charge in [0.15, 0.2) is 0 Å². The molecule has 3 aliphatic carbocycles. The highest BCUT2D eigenvalue weighted by Gasteiger charge is 2.53. The van der Waals surface area contributed by atoms with Gasteiger partial charge in [0.1, 0.15) is 11.2 Å². The molecule has 0 amide bonds. The summed E-state index contributed by atoms with van der Waals surface area (Å²) < 4.78 is 6.66. The van der Waals surface area contributed by atoms with Crippen LogP contribution in [0.15, 0.2) is 241 Å². The van der Waals surface area contributed by atoms with Crippen molar-refractivity contribution < 1.29 is 4.42 Å². The van der Waals surface area contributed by atoms with Gasteiger partial charge in [0.2, 0.25) is 0 Å². The molecular formula is C62H39NO. The van der Waals surface area contributed by atoms with Crippen LogP contribution in [0.3, 0.4) is 0 Å². The van der Waals surface area contributed by atoms with Gasteiger partial charge >= 0.3 is 0 Å². The first-order valence-electron chi connectivity index (χ1n) is 22.3. The van der Waals surface area contributed by atoms with E-state index in [4.69, 9.17) is 4.42 Å². The Bertz CT molecular complexity index is 3610. The van der Waals surface area contributed by atoms with Crippen molar-refractivity contribution in [1.82, 2.24) is 0 Å². The molecule has 10 aromatic carbocycles. The summed E-state index contributed by atoms with van der Waals surface area (Å²) in [5.74, 6) is 0. The molecule has 2 nitrogen and oxygen atoms in total. The first-order valence-corrected chi connectivity index (χ1v) is 22.3. The maximum Gasteiger partial charge on any atom is 0.137 e. The fraction of sp³-hybridized carbons (Fsp3) is 0.0323. The minimum Gasteiger partial charge on any atom is -0.456 e. The zero-order chi connectivity index (χ0) is 42.0. The average molecular weight is 814 g/mol. The van der Waals surface area contributed by atoms with Crippen molar-refractivity contribution in [3.8, 4) is 33.4 Å². The molecule has 0 N–H and O–H groups in total. The van der Waals surface area contributed by atoms with Gasteiger partial charge < -0.3 is 9.32 Å². The topological polar surface area (TPSA) is 16.4 Å². The van der Waals surface area contributed by atoms with Gasteiger partial charge in [-0.15, -0.1) is 0 Å². The molecule has 2 heteroatoms. The Hall–Kier alpha value is -8.20. The van der Waals surface area contributed by atoms with Crippen LogP contribution in [-0.4, -0.2) is 0 Å². The number of hydrogen-bond acceptors (Lipinski definition) is 2. The predicted octanol–water partition coefficient (Wildman–Crippen LogP) is 15.8. The first kappa shape index (κ1) is 35.4. The predicted molar refractivity (Wildman–Crippen MR) is 262 cm³/mol.